The van der Waals surface area contributed by atoms with Crippen molar-refractivity contribution in [2.45, 2.75) is 6.04 Å². The molecule has 0 aliphatic carbocycles. The number of nitro groups is 1. The molecule has 84 valence electrons. The number of aliphatic hydroxyl groups is 1. The number of hydrogen-bond acceptors (Lipinski definition) is 4. The normalized spacial score (nSPS) is 11.7. The van der Waals surface area contributed by atoms with Crippen molar-refractivity contribution in [1.82, 2.24) is 0 Å². The molecule has 1 atom stereocenters. The zero-order chi connectivity index (χ0) is 10.7. The molecule has 0 aliphatic rings. The second kappa shape index (κ2) is 5.59. The van der Waals surface area contributed by atoms with Crippen molar-refractivity contribution in [1.29, 1.82) is 0 Å². The fourth-order valence-corrected chi connectivity index (χ4v) is 1.09. The average molecular weight is 237 g/mol. The Hall–Kier alpha value is -1.24. The van der Waals surface area contributed by atoms with E-state index in [-0.39, 0.29) is 23.7 Å². The molecule has 0 spiro atoms. The molecule has 0 aliphatic heterocycles. The topological polar surface area (TPSA) is 89.4 Å². The summed E-state index contributed by atoms with van der Waals surface area (Å²) >= 11 is 0. The number of hydrogen-bond donors (Lipinski definition) is 2. The molecular weight excluding hydrogens is 227 g/mol. The Morgan fingerprint density at radius 2 is 2.20 bits per heavy atom. The van der Waals surface area contributed by atoms with Crippen molar-refractivity contribution in [3.05, 3.63) is 39.7 Å². The molecular formula is C8H10ClFN2O3. The van der Waals surface area contributed by atoms with Crippen LogP contribution in [0.4, 0.5) is 10.1 Å². The first kappa shape index (κ1) is 13.8. The number of rotatable bonds is 3. The maximum Gasteiger partial charge on any atom is 0.274 e. The van der Waals surface area contributed by atoms with Crippen LogP contribution in [-0.2, 0) is 0 Å². The van der Waals surface area contributed by atoms with Gasteiger partial charge in [0.25, 0.3) is 5.69 Å². The van der Waals surface area contributed by atoms with Gasteiger partial charge in [0.05, 0.1) is 23.1 Å². The van der Waals surface area contributed by atoms with Crippen molar-refractivity contribution in [2.75, 3.05) is 6.61 Å². The highest BCUT2D eigenvalue weighted by atomic mass is 35.5. The summed E-state index contributed by atoms with van der Waals surface area (Å²) in [5.74, 6) is -0.616. The Kier molecular flexibility index (Phi) is 5.13. The van der Waals surface area contributed by atoms with Gasteiger partial charge in [0.2, 0.25) is 0 Å². The quantitative estimate of drug-likeness (QED) is 0.609. The second-order valence-corrected chi connectivity index (χ2v) is 2.75. The molecule has 0 heterocycles. The molecule has 0 saturated heterocycles. The summed E-state index contributed by atoms with van der Waals surface area (Å²) in [6.07, 6.45) is 0. The first-order chi connectivity index (χ1) is 6.56. The van der Waals surface area contributed by atoms with E-state index in [0.717, 1.165) is 18.2 Å². The van der Waals surface area contributed by atoms with Gasteiger partial charge in [-0.3, -0.25) is 10.1 Å². The van der Waals surface area contributed by atoms with Gasteiger partial charge in [-0.25, -0.2) is 4.39 Å². The Labute approximate surface area is 91.3 Å². The highest BCUT2D eigenvalue weighted by Crippen LogP contribution is 2.24. The maximum atomic E-state index is 12.7. The largest absolute Gasteiger partial charge is 0.394 e. The number of halogens is 2. The molecule has 0 bridgehead atoms. The van der Waals surface area contributed by atoms with Crippen molar-refractivity contribution in [3.63, 3.8) is 0 Å². The highest BCUT2D eigenvalue weighted by molar-refractivity contribution is 5.85. The average Bonchev–Trinajstić information content (AvgIpc) is 2.16. The summed E-state index contributed by atoms with van der Waals surface area (Å²) in [5, 5.41) is 19.2. The van der Waals surface area contributed by atoms with Gasteiger partial charge in [-0.05, 0) is 12.1 Å². The monoisotopic (exact) mass is 236 g/mol. The predicted molar refractivity (Wildman–Crippen MR) is 54.3 cm³/mol. The lowest BCUT2D eigenvalue weighted by molar-refractivity contribution is -0.385. The third kappa shape index (κ3) is 3.12. The molecule has 1 aromatic rings. The minimum absolute atomic E-state index is 0. The van der Waals surface area contributed by atoms with Crippen LogP contribution in [0.5, 0.6) is 0 Å². The van der Waals surface area contributed by atoms with E-state index in [4.69, 9.17) is 10.8 Å². The van der Waals surface area contributed by atoms with Crippen LogP contribution < -0.4 is 5.73 Å². The van der Waals surface area contributed by atoms with Crippen LogP contribution in [0.15, 0.2) is 18.2 Å². The molecule has 3 N–H and O–H groups in total. The van der Waals surface area contributed by atoms with Crippen molar-refractivity contribution in [2.24, 2.45) is 5.73 Å². The minimum atomic E-state index is -0.939. The van der Waals surface area contributed by atoms with Gasteiger partial charge in [-0.15, -0.1) is 12.4 Å². The predicted octanol–water partition coefficient (Wildman–Crippen LogP) is 1.15. The summed E-state index contributed by atoms with van der Waals surface area (Å²) < 4.78 is 12.7. The molecule has 0 amide bonds. The van der Waals surface area contributed by atoms with Gasteiger partial charge in [0.15, 0.2) is 0 Å². The van der Waals surface area contributed by atoms with E-state index in [2.05, 4.69) is 0 Å². The van der Waals surface area contributed by atoms with Gasteiger partial charge in [0, 0.05) is 6.07 Å². The summed E-state index contributed by atoms with van der Waals surface area (Å²) in [4.78, 5) is 9.84. The van der Waals surface area contributed by atoms with Crippen LogP contribution in [0.2, 0.25) is 0 Å². The van der Waals surface area contributed by atoms with Gasteiger partial charge >= 0.3 is 0 Å². The maximum absolute atomic E-state index is 12.7. The third-order valence-corrected chi connectivity index (χ3v) is 1.78. The van der Waals surface area contributed by atoms with Crippen LogP contribution in [0, 0.1) is 15.9 Å². The zero-order valence-corrected chi connectivity index (χ0v) is 8.41. The Morgan fingerprint density at radius 1 is 1.60 bits per heavy atom. The van der Waals surface area contributed by atoms with E-state index in [1.54, 1.807) is 0 Å². The zero-order valence-electron chi connectivity index (χ0n) is 7.59. The molecule has 0 saturated carbocycles. The lowest BCUT2D eigenvalue weighted by Crippen LogP contribution is -2.16. The lowest BCUT2D eigenvalue weighted by Gasteiger charge is -2.08. The molecule has 0 fully saturated rings. The molecule has 1 aromatic carbocycles. The van der Waals surface area contributed by atoms with Gasteiger partial charge in [0.1, 0.15) is 5.82 Å². The molecule has 15 heavy (non-hydrogen) atoms. The van der Waals surface area contributed by atoms with Crippen LogP contribution in [0.25, 0.3) is 0 Å². The van der Waals surface area contributed by atoms with E-state index in [0.29, 0.717) is 0 Å². The minimum Gasteiger partial charge on any atom is -0.394 e. The Morgan fingerprint density at radius 3 is 2.67 bits per heavy atom. The van der Waals surface area contributed by atoms with Gasteiger partial charge < -0.3 is 10.8 Å². The third-order valence-electron chi connectivity index (χ3n) is 1.78. The number of nitrogens with zero attached hydrogens (tertiary/aromatic N) is 1. The van der Waals surface area contributed by atoms with Gasteiger partial charge in [-0.1, -0.05) is 0 Å². The van der Waals surface area contributed by atoms with E-state index in [9.17, 15) is 14.5 Å². The molecule has 0 radical (unpaired) electrons. The number of benzene rings is 1. The number of nitrogens with two attached hydrogens (primary N) is 1. The van der Waals surface area contributed by atoms with Crippen molar-refractivity contribution >= 4 is 18.1 Å². The van der Waals surface area contributed by atoms with Crippen LogP contribution in [0.3, 0.4) is 0 Å². The summed E-state index contributed by atoms with van der Waals surface area (Å²) in [5.41, 5.74) is 5.09. The molecule has 1 rings (SSSR count). The molecule has 5 nitrogen and oxygen atoms in total. The highest BCUT2D eigenvalue weighted by Gasteiger charge is 2.19. The van der Waals surface area contributed by atoms with E-state index >= 15 is 0 Å². The smallest absolute Gasteiger partial charge is 0.274 e. The number of nitro benzene ring substituents is 1. The van der Waals surface area contributed by atoms with E-state index in [1.165, 1.54) is 0 Å². The first-order valence-electron chi connectivity index (χ1n) is 3.86. The summed E-state index contributed by atoms with van der Waals surface area (Å²) in [6, 6.07) is 2.02. The van der Waals surface area contributed by atoms with E-state index in [1.807, 2.05) is 0 Å². The van der Waals surface area contributed by atoms with Crippen molar-refractivity contribution in [3.8, 4) is 0 Å². The summed E-state index contributed by atoms with van der Waals surface area (Å²) in [6.45, 7) is -0.468. The van der Waals surface area contributed by atoms with E-state index < -0.39 is 23.4 Å². The second-order valence-electron chi connectivity index (χ2n) is 2.75. The SMILES string of the molecule is Cl.N[C@H](CO)c1cc(F)ccc1[N+](=O)[O-]. The molecule has 7 heteroatoms. The number of aliphatic hydroxyl groups excluding tert-OH is 1. The molecule has 0 aromatic heterocycles. The van der Waals surface area contributed by atoms with Gasteiger partial charge in [-0.2, -0.15) is 0 Å². The van der Waals surface area contributed by atoms with Crippen LogP contribution in [-0.4, -0.2) is 16.6 Å². The summed E-state index contributed by atoms with van der Waals surface area (Å²) in [7, 11) is 0. The Bertz CT molecular complexity index is 362. The fraction of sp³-hybridized carbons (Fsp3) is 0.250. The van der Waals surface area contributed by atoms with Crippen molar-refractivity contribution < 1.29 is 14.4 Å². The van der Waals surface area contributed by atoms with Crippen LogP contribution in [0.1, 0.15) is 11.6 Å². The molecule has 0 unspecified atom stereocenters. The van der Waals surface area contributed by atoms with Crippen LogP contribution >= 0.6 is 12.4 Å². The first-order valence-corrected chi connectivity index (χ1v) is 3.86. The fourth-order valence-electron chi connectivity index (χ4n) is 1.09. The lowest BCUT2D eigenvalue weighted by atomic mass is 10.1. The standard InChI is InChI=1S/C8H9FN2O3.ClH/c9-5-1-2-8(11(13)14)6(3-5)7(10)4-12;/h1-3,7,12H,4,10H2;1H/t7-;/m1./s1. The Balaban J connectivity index is 0.00000196.